The van der Waals surface area contributed by atoms with Crippen LogP contribution in [-0.2, 0) is 6.18 Å². The second kappa shape index (κ2) is 7.87. The van der Waals surface area contributed by atoms with Gasteiger partial charge in [-0.2, -0.15) is 13.2 Å². The van der Waals surface area contributed by atoms with E-state index >= 15 is 0 Å². The van der Waals surface area contributed by atoms with Crippen LogP contribution in [0.3, 0.4) is 0 Å². The summed E-state index contributed by atoms with van der Waals surface area (Å²) in [4.78, 5) is 13.3. The summed E-state index contributed by atoms with van der Waals surface area (Å²) in [7, 11) is 0. The molecule has 2 aromatic heterocycles. The first-order valence-corrected chi connectivity index (χ1v) is 9.99. The number of hydrogen-bond acceptors (Lipinski definition) is 6. The fourth-order valence-corrected chi connectivity index (χ4v) is 4.08. The number of ether oxygens (including phenoxy) is 1. The maximum absolute atomic E-state index is 13.7. The van der Waals surface area contributed by atoms with E-state index in [4.69, 9.17) is 10.5 Å². The minimum Gasteiger partial charge on any atom is -0.491 e. The van der Waals surface area contributed by atoms with Crippen LogP contribution in [0.4, 0.5) is 13.2 Å². The van der Waals surface area contributed by atoms with Crippen molar-refractivity contribution in [3.05, 3.63) is 35.1 Å². The van der Waals surface area contributed by atoms with E-state index in [2.05, 4.69) is 15.0 Å². The van der Waals surface area contributed by atoms with E-state index in [9.17, 15) is 13.2 Å². The fourth-order valence-electron chi connectivity index (χ4n) is 3.33. The molecule has 29 heavy (non-hydrogen) atoms. The standard InChI is InChI=1S/C20H23F3N4OS/c1-11(2)8-19(4,24)9-28-15-6-5-13(7-14(15)20(21,22)23)16-17-18(26-10-25-16)29-12(3)27-17/h5-7,10-11H,8-9,24H2,1-4H3/t19-/m0/s1. The second-order valence-corrected chi connectivity index (χ2v) is 9.04. The van der Waals surface area contributed by atoms with Gasteiger partial charge in [0.15, 0.2) is 0 Å². The van der Waals surface area contributed by atoms with Gasteiger partial charge in [0.2, 0.25) is 0 Å². The van der Waals surface area contributed by atoms with Crippen molar-refractivity contribution in [1.29, 1.82) is 0 Å². The third-order valence-electron chi connectivity index (χ3n) is 4.29. The molecule has 0 unspecified atom stereocenters. The monoisotopic (exact) mass is 424 g/mol. The summed E-state index contributed by atoms with van der Waals surface area (Å²) in [6, 6.07) is 3.91. The number of fused-ring (bicyclic) bond motifs is 1. The minimum absolute atomic E-state index is 0.0172. The van der Waals surface area contributed by atoms with E-state index in [1.54, 1.807) is 13.0 Å². The van der Waals surface area contributed by atoms with Crippen LogP contribution in [0.5, 0.6) is 5.75 Å². The van der Waals surface area contributed by atoms with Gasteiger partial charge in [0, 0.05) is 11.1 Å². The van der Waals surface area contributed by atoms with E-state index < -0.39 is 17.3 Å². The summed E-state index contributed by atoms with van der Waals surface area (Å²) in [6.45, 7) is 7.58. The van der Waals surface area contributed by atoms with Crippen molar-refractivity contribution in [3.8, 4) is 17.0 Å². The number of aromatic nitrogens is 3. The third kappa shape index (κ3) is 5.02. The molecular formula is C20H23F3N4OS. The second-order valence-electron chi connectivity index (χ2n) is 7.86. The summed E-state index contributed by atoms with van der Waals surface area (Å²) in [5, 5.41) is 0.769. The first-order valence-electron chi connectivity index (χ1n) is 9.18. The Kier molecular flexibility index (Phi) is 5.82. The average molecular weight is 424 g/mol. The first-order chi connectivity index (χ1) is 13.5. The molecule has 3 rings (SSSR count). The zero-order valence-corrected chi connectivity index (χ0v) is 17.5. The first kappa shape index (κ1) is 21.4. The van der Waals surface area contributed by atoms with Gasteiger partial charge in [-0.15, -0.1) is 0 Å². The molecule has 0 aliphatic carbocycles. The highest BCUT2D eigenvalue weighted by Gasteiger charge is 2.35. The molecular weight excluding hydrogens is 401 g/mol. The van der Waals surface area contributed by atoms with E-state index in [0.29, 0.717) is 33.9 Å². The smallest absolute Gasteiger partial charge is 0.419 e. The van der Waals surface area contributed by atoms with Crippen molar-refractivity contribution in [2.24, 2.45) is 11.7 Å². The van der Waals surface area contributed by atoms with Gasteiger partial charge in [0.1, 0.15) is 34.7 Å². The third-order valence-corrected chi connectivity index (χ3v) is 5.17. The highest BCUT2D eigenvalue weighted by atomic mass is 32.1. The maximum atomic E-state index is 13.7. The number of nitrogens with two attached hydrogens (primary N) is 1. The molecule has 0 saturated heterocycles. The van der Waals surface area contributed by atoms with Crippen LogP contribution in [0, 0.1) is 12.8 Å². The molecule has 0 aliphatic rings. The number of thiazole rings is 1. The van der Waals surface area contributed by atoms with Crippen molar-refractivity contribution in [3.63, 3.8) is 0 Å². The number of nitrogens with zero attached hydrogens (tertiary/aromatic N) is 3. The summed E-state index contributed by atoms with van der Waals surface area (Å²) >= 11 is 1.37. The predicted molar refractivity (Wildman–Crippen MR) is 108 cm³/mol. The molecule has 156 valence electrons. The van der Waals surface area contributed by atoms with E-state index in [1.165, 1.54) is 23.7 Å². The number of rotatable bonds is 6. The Morgan fingerprint density at radius 2 is 1.93 bits per heavy atom. The van der Waals surface area contributed by atoms with E-state index in [0.717, 1.165) is 11.1 Å². The minimum atomic E-state index is -4.58. The highest BCUT2D eigenvalue weighted by molar-refractivity contribution is 7.18. The predicted octanol–water partition coefficient (Wildman–Crippen LogP) is 5.22. The fraction of sp³-hybridized carbons (Fsp3) is 0.450. The molecule has 0 fully saturated rings. The van der Waals surface area contributed by atoms with Gasteiger partial charge in [-0.3, -0.25) is 0 Å². The molecule has 3 aromatic rings. The Morgan fingerprint density at radius 3 is 2.59 bits per heavy atom. The van der Waals surface area contributed by atoms with Crippen molar-refractivity contribution < 1.29 is 17.9 Å². The lowest BCUT2D eigenvalue weighted by Crippen LogP contribution is -2.43. The van der Waals surface area contributed by atoms with Crippen LogP contribution >= 0.6 is 11.3 Å². The number of benzene rings is 1. The van der Waals surface area contributed by atoms with Gasteiger partial charge in [0.25, 0.3) is 0 Å². The van der Waals surface area contributed by atoms with Gasteiger partial charge in [-0.05, 0) is 44.4 Å². The van der Waals surface area contributed by atoms with Crippen LogP contribution in [0.25, 0.3) is 21.6 Å². The van der Waals surface area contributed by atoms with Gasteiger partial charge < -0.3 is 10.5 Å². The number of alkyl halides is 3. The van der Waals surface area contributed by atoms with Crippen LogP contribution < -0.4 is 10.5 Å². The molecule has 1 aromatic carbocycles. The SMILES string of the molecule is Cc1nc2c(-c3ccc(OC[C@@](C)(N)CC(C)C)c(C(F)(F)F)c3)ncnc2s1. The quantitative estimate of drug-likeness (QED) is 0.587. The lowest BCUT2D eigenvalue weighted by Gasteiger charge is -2.27. The van der Waals surface area contributed by atoms with Gasteiger partial charge in [-0.25, -0.2) is 15.0 Å². The Hall–Kier alpha value is -2.26. The molecule has 1 atom stereocenters. The zero-order valence-electron chi connectivity index (χ0n) is 16.7. The Bertz CT molecular complexity index is 1010. The normalized spacial score (nSPS) is 14.4. The lowest BCUT2D eigenvalue weighted by atomic mass is 9.93. The average Bonchev–Trinajstić information content (AvgIpc) is 2.98. The van der Waals surface area contributed by atoms with Crippen LogP contribution in [-0.4, -0.2) is 27.1 Å². The summed E-state index contributed by atoms with van der Waals surface area (Å²) in [6.07, 6.45) is -2.62. The largest absolute Gasteiger partial charge is 0.491 e. The van der Waals surface area contributed by atoms with Crippen LogP contribution in [0.2, 0.25) is 0 Å². The number of halogens is 3. The molecule has 5 nitrogen and oxygen atoms in total. The van der Waals surface area contributed by atoms with E-state index in [1.807, 2.05) is 20.8 Å². The molecule has 9 heteroatoms. The van der Waals surface area contributed by atoms with Gasteiger partial charge in [-0.1, -0.05) is 25.2 Å². The Balaban J connectivity index is 1.98. The van der Waals surface area contributed by atoms with Gasteiger partial charge >= 0.3 is 6.18 Å². The molecule has 0 aliphatic heterocycles. The maximum Gasteiger partial charge on any atom is 0.419 e. The van der Waals surface area contributed by atoms with Crippen molar-refractivity contribution >= 4 is 21.7 Å². The molecule has 0 spiro atoms. The van der Waals surface area contributed by atoms with Crippen molar-refractivity contribution in [2.75, 3.05) is 6.61 Å². The molecule has 0 saturated carbocycles. The Morgan fingerprint density at radius 1 is 1.21 bits per heavy atom. The van der Waals surface area contributed by atoms with Gasteiger partial charge in [0.05, 0.1) is 10.6 Å². The van der Waals surface area contributed by atoms with Crippen LogP contribution in [0.15, 0.2) is 24.5 Å². The molecule has 0 amide bonds. The topological polar surface area (TPSA) is 73.9 Å². The molecule has 0 bridgehead atoms. The van der Waals surface area contributed by atoms with Crippen molar-refractivity contribution in [2.45, 2.75) is 45.8 Å². The number of hydrogen-bond donors (Lipinski definition) is 1. The molecule has 2 N–H and O–H groups in total. The van der Waals surface area contributed by atoms with Crippen LogP contribution in [0.1, 0.15) is 37.8 Å². The molecule has 2 heterocycles. The van der Waals surface area contributed by atoms with Crippen molar-refractivity contribution in [1.82, 2.24) is 15.0 Å². The summed E-state index contributed by atoms with van der Waals surface area (Å²) < 4.78 is 46.7. The number of aryl methyl sites for hydroxylation is 1. The summed E-state index contributed by atoms with van der Waals surface area (Å²) in [5.41, 5.74) is 5.74. The highest BCUT2D eigenvalue weighted by Crippen LogP contribution is 2.40. The lowest BCUT2D eigenvalue weighted by molar-refractivity contribution is -0.139. The molecule has 0 radical (unpaired) electrons. The zero-order chi connectivity index (χ0) is 21.4. The summed E-state index contributed by atoms with van der Waals surface area (Å²) in [5.74, 6) is 0.0567. The van der Waals surface area contributed by atoms with E-state index in [-0.39, 0.29) is 12.4 Å². The Labute approximate surface area is 171 Å².